The Hall–Kier alpha value is -5.97. The minimum atomic E-state index is -2.17. The van der Waals surface area contributed by atoms with Gasteiger partial charge < -0.3 is 9.40 Å². The maximum absolute atomic E-state index is 8.79. The van der Waals surface area contributed by atoms with Crippen LogP contribution >= 0.6 is 0 Å². The van der Waals surface area contributed by atoms with Gasteiger partial charge in [0.1, 0.15) is 5.58 Å². The molecule has 3 heterocycles. The summed E-state index contributed by atoms with van der Waals surface area (Å²) in [5, 5.41) is 3.20. The van der Waals surface area contributed by atoms with Gasteiger partial charge in [0, 0.05) is 44.5 Å². The van der Waals surface area contributed by atoms with Crippen LogP contribution in [-0.4, -0.2) is 18.8 Å². The summed E-state index contributed by atoms with van der Waals surface area (Å²) < 4.78 is 46.5. The van der Waals surface area contributed by atoms with Crippen molar-refractivity contribution in [3.05, 3.63) is 210 Å². The number of furan rings is 1. The maximum atomic E-state index is 8.79. The number of hydrogen-bond acceptors (Lipinski definition) is 3. The molecule has 63 heavy (non-hydrogen) atoms. The van der Waals surface area contributed by atoms with E-state index in [9.17, 15) is 0 Å². The number of rotatable bonds is 7. The van der Waals surface area contributed by atoms with E-state index >= 15 is 0 Å². The third-order valence-corrected chi connectivity index (χ3v) is 13.2. The molecule has 0 saturated carbocycles. The number of aliphatic imine (C=N–C) groups is 1. The van der Waals surface area contributed by atoms with Crippen LogP contribution < -0.4 is 5.19 Å². The molecule has 2 aromatic heterocycles. The first-order chi connectivity index (χ1) is 31.9. The number of pyridine rings is 1. The van der Waals surface area contributed by atoms with Crippen molar-refractivity contribution >= 4 is 46.6 Å². The molecule has 315 valence electrons. The summed E-state index contributed by atoms with van der Waals surface area (Å²) in [6.07, 6.45) is 0.269. The Labute approximate surface area is 394 Å². The third kappa shape index (κ3) is 9.24. The Morgan fingerprint density at radius 2 is 1.43 bits per heavy atom. The number of nitrogens with zero attached hydrogens (tertiary/aromatic N) is 2. The Morgan fingerprint density at radius 1 is 0.714 bits per heavy atom. The fraction of sp³-hybridized carbons (Fsp3) is 0.172. The SMILES string of the molecule is [2H]C([2H])([2H])c1c[c-]c(-c2cc(C([2H])([2H])C(C)(C)C)c([Si](C)(C)C)cn2)cc1.[Ir].[c-]1ccc2c(oc3ccccc32)c1C1=Nc2ccccc2C1c1ccc(-c2ccccc2)cc1-c1ccccc1. The molecule has 1 atom stereocenters. The molecule has 9 aromatic rings. The molecule has 0 spiro atoms. The van der Waals surface area contributed by atoms with Gasteiger partial charge in [-0.15, -0.1) is 53.6 Å². The van der Waals surface area contributed by atoms with Crippen LogP contribution in [0.3, 0.4) is 0 Å². The van der Waals surface area contributed by atoms with Crippen LogP contribution in [0.2, 0.25) is 19.6 Å². The average Bonchev–Trinajstić information content (AvgIpc) is 3.90. The Bertz CT molecular complexity index is 3280. The van der Waals surface area contributed by atoms with E-state index in [0.29, 0.717) is 16.8 Å². The molecule has 3 nitrogen and oxygen atoms in total. The van der Waals surface area contributed by atoms with Crippen LogP contribution in [0, 0.1) is 24.4 Å². The van der Waals surface area contributed by atoms with Crippen LogP contribution in [0.5, 0.6) is 0 Å². The molecule has 0 bridgehead atoms. The number of benzene rings is 7. The Balaban J connectivity index is 0.000000197. The van der Waals surface area contributed by atoms with Gasteiger partial charge in [-0.2, -0.15) is 0 Å². The first kappa shape index (κ1) is 37.6. The van der Waals surface area contributed by atoms with E-state index in [-0.39, 0.29) is 31.6 Å². The second-order valence-corrected chi connectivity index (χ2v) is 23.0. The molecular weight excluding hydrogens is 961 g/mol. The van der Waals surface area contributed by atoms with E-state index in [1.807, 2.05) is 45.0 Å². The quantitative estimate of drug-likeness (QED) is 0.118. The zero-order chi connectivity index (χ0) is 47.3. The molecule has 0 N–H and O–H groups in total. The second kappa shape index (κ2) is 18.0. The number of fused-ring (bicyclic) bond motifs is 4. The number of aromatic nitrogens is 1. The minimum Gasteiger partial charge on any atom is -0.501 e. The first-order valence-corrected chi connectivity index (χ1v) is 24.7. The van der Waals surface area contributed by atoms with Crippen molar-refractivity contribution in [1.82, 2.24) is 4.98 Å². The molecule has 10 rings (SSSR count). The largest absolute Gasteiger partial charge is 0.501 e. The predicted octanol–water partition coefficient (Wildman–Crippen LogP) is 15.0. The summed E-state index contributed by atoms with van der Waals surface area (Å²) in [5.74, 6) is -0.0636. The number of hydrogen-bond donors (Lipinski definition) is 0. The maximum Gasteiger partial charge on any atom is 0.120 e. The molecule has 0 saturated heterocycles. The van der Waals surface area contributed by atoms with Crippen LogP contribution in [0.15, 0.2) is 179 Å². The van der Waals surface area contributed by atoms with Crippen LogP contribution in [0.25, 0.3) is 55.4 Å². The van der Waals surface area contributed by atoms with Gasteiger partial charge in [-0.1, -0.05) is 179 Å². The molecule has 7 aromatic carbocycles. The van der Waals surface area contributed by atoms with E-state index in [0.717, 1.165) is 44.1 Å². The van der Waals surface area contributed by atoms with Crippen LogP contribution in [-0.2, 0) is 26.5 Å². The van der Waals surface area contributed by atoms with E-state index in [1.54, 1.807) is 18.3 Å². The average molecular weight is 1020 g/mol. The van der Waals surface area contributed by atoms with E-state index in [1.165, 1.54) is 39.4 Å². The van der Waals surface area contributed by atoms with Gasteiger partial charge in [0.25, 0.3) is 0 Å². The molecule has 0 amide bonds. The van der Waals surface area contributed by atoms with Gasteiger partial charge in [0.2, 0.25) is 0 Å². The Kier molecular flexibility index (Phi) is 10.7. The van der Waals surface area contributed by atoms with Crippen LogP contribution in [0.1, 0.15) is 61.4 Å². The van der Waals surface area contributed by atoms with Gasteiger partial charge >= 0.3 is 0 Å². The molecule has 0 aliphatic carbocycles. The standard InChI is InChI=1S/C38H24NO.C20H28NSi.Ir/c1-3-12-25(13-4-1)27-22-23-29(33(24-27)26-14-5-2-6-15-26)36-31-17-7-9-20-34(31)39-37(36)32-19-11-18-30-28-16-8-10-21-35(28)40-38(30)32;1-15-8-10-16(11-9-15)18-12-17(13-20(2,3)4)19(14-21-18)22(5,6)7;/h1-18,20-24,36H;8-10,12,14H,13H2,1-7H3;/q2*-1;/i;1D3,13D2;. The van der Waals surface area contributed by atoms with Gasteiger partial charge in [-0.05, 0) is 80.0 Å². The smallest absolute Gasteiger partial charge is 0.120 e. The van der Waals surface area contributed by atoms with Gasteiger partial charge in [-0.25, -0.2) is 0 Å². The second-order valence-electron chi connectivity index (χ2n) is 17.9. The summed E-state index contributed by atoms with van der Waals surface area (Å²) in [5.41, 5.74) is 13.4. The van der Waals surface area contributed by atoms with Crippen molar-refractivity contribution < 1.29 is 31.4 Å². The summed E-state index contributed by atoms with van der Waals surface area (Å²) in [6, 6.07) is 61.9. The summed E-state index contributed by atoms with van der Waals surface area (Å²) >= 11 is 0. The van der Waals surface area contributed by atoms with Crippen molar-refractivity contribution in [2.75, 3.05) is 0 Å². The van der Waals surface area contributed by atoms with Gasteiger partial charge in [0.05, 0.1) is 19.3 Å². The van der Waals surface area contributed by atoms with Crippen molar-refractivity contribution in [2.45, 2.75) is 59.6 Å². The van der Waals surface area contributed by atoms with Gasteiger partial charge in [-0.3, -0.25) is 4.99 Å². The molecule has 1 unspecified atom stereocenters. The van der Waals surface area contributed by atoms with E-state index < -0.39 is 26.7 Å². The predicted molar refractivity (Wildman–Crippen MR) is 264 cm³/mol. The monoisotopic (exact) mass is 1020 g/mol. The molecule has 1 aliphatic heterocycles. The van der Waals surface area contributed by atoms with E-state index in [2.05, 4.69) is 158 Å². The molecular formula is C58H52IrN2OSi-2. The summed E-state index contributed by atoms with van der Waals surface area (Å²) in [6.45, 7) is 10.1. The van der Waals surface area contributed by atoms with E-state index in [4.69, 9.17) is 16.3 Å². The van der Waals surface area contributed by atoms with Gasteiger partial charge in [0.15, 0.2) is 0 Å². The fourth-order valence-corrected chi connectivity index (χ4v) is 9.74. The normalized spacial score (nSPS) is 15.1. The third-order valence-electron chi connectivity index (χ3n) is 11.2. The van der Waals surface area contributed by atoms with Crippen molar-refractivity contribution in [2.24, 2.45) is 10.4 Å². The topological polar surface area (TPSA) is 38.4 Å². The van der Waals surface area contributed by atoms with Crippen molar-refractivity contribution in [3.63, 3.8) is 0 Å². The molecule has 1 aliphatic rings. The van der Waals surface area contributed by atoms with Crippen molar-refractivity contribution in [3.8, 4) is 33.5 Å². The first-order valence-electron chi connectivity index (χ1n) is 23.7. The minimum absolute atomic E-state index is 0. The summed E-state index contributed by atoms with van der Waals surface area (Å²) in [4.78, 5) is 9.80. The molecule has 1 radical (unpaired) electrons. The Morgan fingerprint density at radius 3 is 2.14 bits per heavy atom. The number of para-hydroxylation sites is 2. The van der Waals surface area contributed by atoms with Crippen molar-refractivity contribution in [1.29, 1.82) is 0 Å². The molecule has 0 fully saturated rings. The summed E-state index contributed by atoms with van der Waals surface area (Å²) in [7, 11) is -1.81. The number of aryl methyl sites for hydroxylation is 1. The fourth-order valence-electron chi connectivity index (χ4n) is 8.35. The molecule has 5 heteroatoms. The zero-order valence-corrected chi connectivity index (χ0v) is 39.8. The van der Waals surface area contributed by atoms with Crippen LogP contribution in [0.4, 0.5) is 5.69 Å². The zero-order valence-electron chi connectivity index (χ0n) is 41.4.